The van der Waals surface area contributed by atoms with E-state index in [9.17, 15) is 0 Å². The highest BCUT2D eigenvalue weighted by molar-refractivity contribution is 7.81. The van der Waals surface area contributed by atoms with Crippen LogP contribution in [-0.4, -0.2) is 51.4 Å². The van der Waals surface area contributed by atoms with Crippen molar-refractivity contribution >= 4 is 12.6 Å². The topological polar surface area (TPSA) is 36.6 Å². The molecule has 1 saturated heterocycles. The number of hydrogen-bond acceptors (Lipinski definition) is 4. The number of quaternary nitrogens is 2. The van der Waals surface area contributed by atoms with Gasteiger partial charge in [0.1, 0.15) is 32.7 Å². The zero-order valence-corrected chi connectivity index (χ0v) is 17.1. The van der Waals surface area contributed by atoms with Crippen molar-refractivity contribution in [3.8, 4) is 11.5 Å². The average molecular weight is 403 g/mol. The third kappa shape index (κ3) is 5.41. The molecule has 0 aromatic heterocycles. The minimum absolute atomic E-state index is 0.286. The van der Waals surface area contributed by atoms with Gasteiger partial charge >= 0.3 is 0 Å². The molecule has 1 atom stereocenters. The van der Waals surface area contributed by atoms with Crippen molar-refractivity contribution in [1.29, 1.82) is 0 Å². The van der Waals surface area contributed by atoms with E-state index in [0.717, 1.165) is 24.6 Å². The van der Waals surface area contributed by atoms with E-state index in [2.05, 4.69) is 24.3 Å². The maximum Gasteiger partial charge on any atom is 0.231 e. The van der Waals surface area contributed by atoms with Gasteiger partial charge in [0.25, 0.3) is 0 Å². The fraction of sp³-hybridized carbons (Fsp3) is 0.455. The molecule has 1 fully saturated rings. The number of hydrogen-bond donors (Lipinski definition) is 3. The minimum atomic E-state index is 0.286. The van der Waals surface area contributed by atoms with Crippen LogP contribution in [0.2, 0.25) is 0 Å². The SMILES string of the molecule is S[C@@H](COCc1ccccc1)C[NH+]1CC[NH+](Cc2ccc3c(c2)OCO3)CC1. The summed E-state index contributed by atoms with van der Waals surface area (Å²) in [5, 5.41) is 0.286. The number of piperazine rings is 1. The Bertz CT molecular complexity index is 751. The van der Waals surface area contributed by atoms with Crippen molar-refractivity contribution in [3.05, 3.63) is 59.7 Å². The second-order valence-corrected chi connectivity index (χ2v) is 8.45. The molecule has 0 radical (unpaired) electrons. The van der Waals surface area contributed by atoms with Crippen LogP contribution < -0.4 is 19.3 Å². The third-order valence-electron chi connectivity index (χ3n) is 5.50. The number of thiol groups is 1. The summed E-state index contributed by atoms with van der Waals surface area (Å²) in [6.45, 7) is 8.59. The van der Waals surface area contributed by atoms with Crippen LogP contribution in [0, 0.1) is 0 Å². The number of rotatable bonds is 8. The smallest absolute Gasteiger partial charge is 0.231 e. The van der Waals surface area contributed by atoms with E-state index < -0.39 is 0 Å². The molecule has 2 aromatic carbocycles. The van der Waals surface area contributed by atoms with Crippen molar-refractivity contribution in [3.63, 3.8) is 0 Å². The lowest BCUT2D eigenvalue weighted by Crippen LogP contribution is -3.28. The van der Waals surface area contributed by atoms with Crippen molar-refractivity contribution in [2.45, 2.75) is 18.4 Å². The molecular formula is C22H30N2O3S+2. The Morgan fingerprint density at radius 2 is 1.64 bits per heavy atom. The minimum Gasteiger partial charge on any atom is -0.454 e. The van der Waals surface area contributed by atoms with Crippen LogP contribution >= 0.6 is 12.6 Å². The molecule has 0 saturated carbocycles. The Kier molecular flexibility index (Phi) is 6.75. The summed E-state index contributed by atoms with van der Waals surface area (Å²) in [6.07, 6.45) is 0. The van der Waals surface area contributed by atoms with Gasteiger partial charge < -0.3 is 24.0 Å². The van der Waals surface area contributed by atoms with Crippen LogP contribution in [-0.2, 0) is 17.9 Å². The first kappa shape index (κ1) is 19.6. The van der Waals surface area contributed by atoms with Gasteiger partial charge in [0.15, 0.2) is 11.5 Å². The van der Waals surface area contributed by atoms with Gasteiger partial charge in [-0.25, -0.2) is 0 Å². The highest BCUT2D eigenvalue weighted by Gasteiger charge is 2.25. The molecule has 0 amide bonds. The number of ether oxygens (including phenoxy) is 3. The summed E-state index contributed by atoms with van der Waals surface area (Å²) in [7, 11) is 0. The quantitative estimate of drug-likeness (QED) is 0.553. The molecule has 6 heteroatoms. The van der Waals surface area contributed by atoms with E-state index in [4.69, 9.17) is 26.8 Å². The molecule has 5 nitrogen and oxygen atoms in total. The molecule has 0 unspecified atom stereocenters. The summed E-state index contributed by atoms with van der Waals surface area (Å²) in [4.78, 5) is 3.27. The second kappa shape index (κ2) is 9.65. The Morgan fingerprint density at radius 1 is 0.893 bits per heavy atom. The zero-order valence-electron chi connectivity index (χ0n) is 16.2. The molecule has 0 bridgehead atoms. The summed E-state index contributed by atoms with van der Waals surface area (Å²) in [6, 6.07) is 16.6. The van der Waals surface area contributed by atoms with Crippen LogP contribution in [0.25, 0.3) is 0 Å². The Labute approximate surface area is 172 Å². The predicted molar refractivity (Wildman–Crippen MR) is 111 cm³/mol. The zero-order chi connectivity index (χ0) is 19.2. The molecule has 0 aliphatic carbocycles. The van der Waals surface area contributed by atoms with Gasteiger partial charge in [-0.15, -0.1) is 0 Å². The first-order chi connectivity index (χ1) is 13.8. The third-order valence-corrected chi connectivity index (χ3v) is 5.83. The van der Waals surface area contributed by atoms with Crippen LogP contribution in [0.15, 0.2) is 48.5 Å². The van der Waals surface area contributed by atoms with Crippen LogP contribution in [0.3, 0.4) is 0 Å². The van der Waals surface area contributed by atoms with E-state index in [0.29, 0.717) is 20.0 Å². The number of benzene rings is 2. The van der Waals surface area contributed by atoms with Crippen molar-refractivity contribution < 1.29 is 24.0 Å². The second-order valence-electron chi connectivity index (χ2n) is 7.72. The molecule has 150 valence electrons. The number of fused-ring (bicyclic) bond motifs is 1. The Balaban J connectivity index is 1.15. The van der Waals surface area contributed by atoms with Gasteiger partial charge in [0.2, 0.25) is 6.79 Å². The van der Waals surface area contributed by atoms with E-state index in [1.54, 1.807) is 9.80 Å². The first-order valence-corrected chi connectivity index (χ1v) is 10.6. The Morgan fingerprint density at radius 3 is 2.46 bits per heavy atom. The molecule has 2 aromatic rings. The van der Waals surface area contributed by atoms with Crippen LogP contribution in [0.4, 0.5) is 0 Å². The molecule has 2 aliphatic heterocycles. The molecule has 0 spiro atoms. The van der Waals surface area contributed by atoms with E-state index >= 15 is 0 Å². The van der Waals surface area contributed by atoms with Crippen LogP contribution in [0.5, 0.6) is 11.5 Å². The lowest BCUT2D eigenvalue weighted by Gasteiger charge is -2.31. The Hall–Kier alpha value is -1.73. The fourth-order valence-electron chi connectivity index (χ4n) is 3.96. The van der Waals surface area contributed by atoms with Crippen molar-refractivity contribution in [2.75, 3.05) is 46.1 Å². The lowest BCUT2D eigenvalue weighted by atomic mass is 10.1. The first-order valence-electron chi connectivity index (χ1n) is 10.1. The maximum absolute atomic E-state index is 5.84. The number of nitrogens with one attached hydrogen (secondary N) is 2. The standard InChI is InChI=1S/C22H28N2O3S/c28-20(16-25-15-18-4-2-1-3-5-18)14-24-10-8-23(9-11-24)13-19-6-7-21-22(12-19)27-17-26-21/h1-7,12,20,28H,8-11,13-17H2/p+2/t20-/m1/s1. The summed E-state index contributed by atoms with van der Waals surface area (Å²) in [5.74, 6) is 1.75. The molecule has 2 aliphatic rings. The molecule has 2 heterocycles. The van der Waals surface area contributed by atoms with Gasteiger partial charge in [-0.3, -0.25) is 0 Å². The maximum atomic E-state index is 5.84. The van der Waals surface area contributed by atoms with Crippen molar-refractivity contribution in [2.24, 2.45) is 0 Å². The summed E-state index contributed by atoms with van der Waals surface area (Å²) < 4.78 is 16.7. The highest BCUT2D eigenvalue weighted by atomic mass is 32.1. The molecule has 2 N–H and O–H groups in total. The van der Waals surface area contributed by atoms with Crippen molar-refractivity contribution in [1.82, 2.24) is 0 Å². The van der Waals surface area contributed by atoms with Gasteiger partial charge in [-0.05, 0) is 23.8 Å². The highest BCUT2D eigenvalue weighted by Crippen LogP contribution is 2.32. The van der Waals surface area contributed by atoms with E-state index in [-0.39, 0.29) is 5.25 Å². The average Bonchev–Trinajstić information content (AvgIpc) is 3.18. The van der Waals surface area contributed by atoms with Crippen LogP contribution in [0.1, 0.15) is 11.1 Å². The largest absolute Gasteiger partial charge is 0.454 e. The predicted octanol–water partition coefficient (Wildman–Crippen LogP) is 0.214. The monoisotopic (exact) mass is 402 g/mol. The molecular weight excluding hydrogens is 372 g/mol. The summed E-state index contributed by atoms with van der Waals surface area (Å²) >= 11 is 4.75. The normalized spacial score (nSPS) is 22.2. The van der Waals surface area contributed by atoms with Gasteiger partial charge in [0, 0.05) is 5.56 Å². The van der Waals surface area contributed by atoms with Gasteiger partial charge in [-0.2, -0.15) is 12.6 Å². The van der Waals surface area contributed by atoms with Gasteiger partial charge in [0.05, 0.1) is 25.0 Å². The van der Waals surface area contributed by atoms with Gasteiger partial charge in [-0.1, -0.05) is 30.3 Å². The molecule has 4 rings (SSSR count). The van der Waals surface area contributed by atoms with E-state index in [1.165, 1.54) is 37.3 Å². The lowest BCUT2D eigenvalue weighted by molar-refractivity contribution is -1.02. The fourth-order valence-corrected chi connectivity index (χ4v) is 4.32. The summed E-state index contributed by atoms with van der Waals surface area (Å²) in [5.41, 5.74) is 2.54. The van der Waals surface area contributed by atoms with E-state index in [1.807, 2.05) is 24.3 Å². The molecule has 28 heavy (non-hydrogen) atoms.